The first-order valence-electron chi connectivity index (χ1n) is 19.8. The Morgan fingerprint density at radius 2 is 1.83 bits per heavy atom. The van der Waals surface area contributed by atoms with Crippen LogP contribution >= 0.6 is 0 Å². The van der Waals surface area contributed by atoms with E-state index in [9.17, 15) is 40.8 Å². The Morgan fingerprint density at radius 1 is 1.09 bits per heavy atom. The first-order chi connectivity index (χ1) is 27.1. The van der Waals surface area contributed by atoms with E-state index in [2.05, 4.69) is 20.3 Å². The summed E-state index contributed by atoms with van der Waals surface area (Å²) in [6.45, 7) is 6.90. The van der Waals surface area contributed by atoms with Crippen LogP contribution in [0.25, 0.3) is 10.8 Å². The van der Waals surface area contributed by atoms with Crippen LogP contribution in [0, 0.1) is 17.8 Å². The van der Waals surface area contributed by atoms with Crippen molar-refractivity contribution in [1.82, 2.24) is 25.2 Å². The molecule has 4 amide bonds. The number of pyridine rings is 1. The number of hydrogen-bond acceptors (Lipinski definition) is 10. The summed E-state index contributed by atoms with van der Waals surface area (Å²) in [6.07, 6.45) is 1.03. The average Bonchev–Trinajstić information content (AvgIpc) is 3.91. The van der Waals surface area contributed by atoms with Gasteiger partial charge < -0.3 is 29.7 Å². The van der Waals surface area contributed by atoms with Crippen LogP contribution in [0.3, 0.4) is 0 Å². The lowest BCUT2D eigenvalue weighted by Crippen LogP contribution is -2.59. The Balaban J connectivity index is 1.22. The normalized spacial score (nSPS) is 30.3. The number of allylic oxidation sites excluding steroid dienone is 1. The van der Waals surface area contributed by atoms with Gasteiger partial charge in [0, 0.05) is 35.7 Å². The van der Waals surface area contributed by atoms with Crippen molar-refractivity contribution in [2.45, 2.75) is 126 Å². The molecule has 1 aromatic heterocycles. The highest BCUT2D eigenvalue weighted by molar-refractivity contribution is 7.91. The highest BCUT2D eigenvalue weighted by atomic mass is 32.2. The van der Waals surface area contributed by atoms with Crippen LogP contribution in [0.4, 0.5) is 18.0 Å². The molecule has 1 saturated heterocycles. The smallest absolute Gasteiger partial charge is 0.427 e. The van der Waals surface area contributed by atoms with Gasteiger partial charge in [0.15, 0.2) is 0 Å². The lowest BCUT2D eigenvalue weighted by molar-refractivity contribution is -0.244. The van der Waals surface area contributed by atoms with Crippen LogP contribution < -0.4 is 24.8 Å². The monoisotopic (exact) mass is 833 g/mol. The second kappa shape index (κ2) is 14.9. The van der Waals surface area contributed by atoms with Crippen LogP contribution in [0.1, 0.15) is 85.1 Å². The van der Waals surface area contributed by atoms with Crippen LogP contribution in [-0.2, 0) is 35.6 Å². The molecule has 7 atom stereocenters. The molecule has 2 saturated carbocycles. The maximum atomic E-state index is 14.8. The molecule has 0 spiro atoms. The minimum atomic E-state index is -4.91. The average molecular weight is 834 g/mol. The third-order valence-corrected chi connectivity index (χ3v) is 14.5. The zero-order valence-electron chi connectivity index (χ0n) is 33.1. The van der Waals surface area contributed by atoms with Crippen molar-refractivity contribution in [1.29, 1.82) is 0 Å². The van der Waals surface area contributed by atoms with Gasteiger partial charge in [0.1, 0.15) is 29.5 Å². The highest BCUT2D eigenvalue weighted by Crippen LogP contribution is 2.48. The number of alkyl halides is 3. The SMILES string of the molecule is C[C@@H]1CC/C=C\[C@@H]2C[C@@]2(C(=O)NS(=O)(=O)C2(C)CC2)NC(=O)[C@@H]2C[C@@H](Oc3nccc4c5c(ccc34)CCO5)CN2C(=O)[C@@H](NC(=O)OC(C)(C)C(F)(F)F)[C@H](C)C1. The van der Waals surface area contributed by atoms with Gasteiger partial charge in [-0.05, 0) is 88.8 Å². The molecule has 7 rings (SSSR count). The van der Waals surface area contributed by atoms with E-state index in [1.807, 2.05) is 25.1 Å². The molecule has 3 fully saturated rings. The van der Waals surface area contributed by atoms with Gasteiger partial charge in [0.25, 0.3) is 5.91 Å². The molecule has 1 aromatic carbocycles. The van der Waals surface area contributed by atoms with Gasteiger partial charge in [-0.3, -0.25) is 19.1 Å². The zero-order valence-corrected chi connectivity index (χ0v) is 33.9. The molecule has 316 valence electrons. The second-order valence-corrected chi connectivity index (χ2v) is 19.5. The fourth-order valence-electron chi connectivity index (χ4n) is 8.17. The second-order valence-electron chi connectivity index (χ2n) is 17.3. The molecule has 14 nitrogen and oxygen atoms in total. The van der Waals surface area contributed by atoms with E-state index in [0.717, 1.165) is 17.4 Å². The number of sulfonamides is 1. The minimum Gasteiger partial charge on any atom is -0.492 e. The fraction of sp³-hybridized carbons (Fsp3) is 0.625. The van der Waals surface area contributed by atoms with Gasteiger partial charge in [-0.25, -0.2) is 18.2 Å². The van der Waals surface area contributed by atoms with E-state index < -0.39 is 85.9 Å². The standard InChI is InChI=1S/C40H50F3N5O9S/c1-22-8-6-7-9-25-20-39(25,35(51)47-58(53,54)38(5)14-15-38)46-32(49)29-19-26(56-33-28-11-10-24-13-17-55-31(24)27(28)12-16-44-33)21-48(29)34(50)30(23(2)18-22)45-36(52)57-37(3,4)40(41,42)43/h7,9-12,16,22-23,25-26,29-30H,6,8,13-15,17-21H2,1-5H3,(H,45,52)(H,46,49)(H,47,51)/b9-7-/t22-,23-,25-,26-,29+,30+,39-/m1/s1. The topological polar surface area (TPSA) is 182 Å². The molecule has 18 heteroatoms. The summed E-state index contributed by atoms with van der Waals surface area (Å²) in [6, 6.07) is 2.83. The lowest BCUT2D eigenvalue weighted by Gasteiger charge is -2.34. The molecule has 0 unspecified atom stereocenters. The van der Waals surface area contributed by atoms with E-state index in [0.29, 0.717) is 63.7 Å². The van der Waals surface area contributed by atoms with Crippen LogP contribution in [0.15, 0.2) is 36.5 Å². The first-order valence-corrected chi connectivity index (χ1v) is 21.3. The number of fused-ring (bicyclic) bond motifs is 5. The number of halogens is 3. The van der Waals surface area contributed by atoms with Crippen molar-refractivity contribution in [3.8, 4) is 11.6 Å². The van der Waals surface area contributed by atoms with Gasteiger partial charge in [-0.15, -0.1) is 0 Å². The van der Waals surface area contributed by atoms with Gasteiger partial charge in [0.05, 0.1) is 17.9 Å². The summed E-state index contributed by atoms with van der Waals surface area (Å²) in [7, 11) is -4.07. The summed E-state index contributed by atoms with van der Waals surface area (Å²) >= 11 is 0. The molecule has 0 bridgehead atoms. The van der Waals surface area contributed by atoms with Crippen molar-refractivity contribution >= 4 is 44.6 Å². The molecule has 2 aliphatic carbocycles. The molecule has 3 aliphatic heterocycles. The summed E-state index contributed by atoms with van der Waals surface area (Å²) < 4.78 is 85.8. The molecule has 2 aromatic rings. The number of rotatable bonds is 7. The third kappa shape index (κ3) is 7.92. The Kier molecular flexibility index (Phi) is 10.7. The number of benzene rings is 1. The first kappa shape index (κ1) is 41.5. The van der Waals surface area contributed by atoms with E-state index >= 15 is 0 Å². The Morgan fingerprint density at radius 3 is 2.53 bits per heavy atom. The van der Waals surface area contributed by atoms with Crippen molar-refractivity contribution in [2.24, 2.45) is 17.8 Å². The molecule has 58 heavy (non-hydrogen) atoms. The summed E-state index contributed by atoms with van der Waals surface area (Å²) in [5.74, 6) is -2.71. The number of alkyl carbamates (subject to hydrolysis) is 1. The molecule has 4 heterocycles. The highest BCUT2D eigenvalue weighted by Gasteiger charge is 2.63. The molecule has 5 aliphatic rings. The largest absolute Gasteiger partial charge is 0.492 e. The number of ether oxygens (including phenoxy) is 3. The predicted molar refractivity (Wildman–Crippen MR) is 204 cm³/mol. The van der Waals surface area contributed by atoms with Gasteiger partial charge in [-0.1, -0.05) is 32.1 Å². The molecule has 0 radical (unpaired) electrons. The Labute approximate surface area is 335 Å². The van der Waals surface area contributed by atoms with E-state index in [-0.39, 0.29) is 31.2 Å². The van der Waals surface area contributed by atoms with Gasteiger partial charge in [-0.2, -0.15) is 13.2 Å². The number of amides is 4. The summed E-state index contributed by atoms with van der Waals surface area (Å²) in [4.78, 5) is 62.0. The zero-order chi connectivity index (χ0) is 42.0. The quantitative estimate of drug-likeness (QED) is 0.327. The molecular weight excluding hydrogens is 784 g/mol. The maximum absolute atomic E-state index is 14.8. The van der Waals surface area contributed by atoms with Crippen molar-refractivity contribution < 1.29 is 55.0 Å². The number of aromatic nitrogens is 1. The van der Waals surface area contributed by atoms with Crippen LogP contribution in [-0.4, -0.2) is 95.5 Å². The molecule has 3 N–H and O–H groups in total. The fourth-order valence-corrected chi connectivity index (χ4v) is 9.48. The minimum absolute atomic E-state index is 0.0331. The molecular formula is C40H50F3N5O9S. The van der Waals surface area contributed by atoms with Crippen molar-refractivity contribution in [2.75, 3.05) is 13.2 Å². The van der Waals surface area contributed by atoms with Gasteiger partial charge in [0.2, 0.25) is 33.3 Å². The van der Waals surface area contributed by atoms with E-state index in [1.165, 1.54) is 4.90 Å². The van der Waals surface area contributed by atoms with E-state index in [1.54, 1.807) is 32.2 Å². The summed E-state index contributed by atoms with van der Waals surface area (Å²) in [5.41, 5.74) is -3.49. The summed E-state index contributed by atoms with van der Waals surface area (Å²) in [5, 5.41) is 6.60. The maximum Gasteiger partial charge on any atom is 0.427 e. The number of carbonyl (C=O) groups excluding carboxylic acids is 4. The van der Waals surface area contributed by atoms with Crippen molar-refractivity contribution in [3.05, 3.63) is 42.1 Å². The Bertz CT molecular complexity index is 2140. The Hall–Kier alpha value is -4.61. The lowest BCUT2D eigenvalue weighted by atomic mass is 9.88. The van der Waals surface area contributed by atoms with Gasteiger partial charge >= 0.3 is 12.3 Å². The number of carbonyl (C=O) groups is 4. The van der Waals surface area contributed by atoms with Crippen LogP contribution in [0.5, 0.6) is 11.6 Å². The van der Waals surface area contributed by atoms with E-state index in [4.69, 9.17) is 14.2 Å². The van der Waals surface area contributed by atoms with Crippen molar-refractivity contribution in [3.63, 3.8) is 0 Å². The number of hydrogen-bond donors (Lipinski definition) is 3. The number of nitrogens with zero attached hydrogens (tertiary/aromatic N) is 2. The predicted octanol–water partition coefficient (Wildman–Crippen LogP) is 4.84. The third-order valence-electron chi connectivity index (χ3n) is 12.4. The number of nitrogens with one attached hydrogen (secondary N) is 3. The van der Waals surface area contributed by atoms with Crippen LogP contribution in [0.2, 0.25) is 0 Å².